The van der Waals surface area contributed by atoms with Crippen LogP contribution >= 0.6 is 0 Å². The van der Waals surface area contributed by atoms with Crippen LogP contribution in [0, 0.1) is 5.82 Å². The van der Waals surface area contributed by atoms with Crippen molar-refractivity contribution in [3.8, 4) is 0 Å². The minimum absolute atomic E-state index is 0.102. The molecule has 1 unspecified atom stereocenters. The van der Waals surface area contributed by atoms with Crippen LogP contribution in [0.25, 0.3) is 10.8 Å². The summed E-state index contributed by atoms with van der Waals surface area (Å²) in [6.45, 7) is 3.01. The van der Waals surface area contributed by atoms with Crippen LogP contribution in [0.2, 0.25) is 0 Å². The molecule has 0 fully saturated rings. The Kier molecular flexibility index (Phi) is 5.77. The SMILES string of the molecule is O=C1c2cccc3cccc(c23)C(O)N1CCN1CC=C(CCc2ccc(F)cc2)CC1. The van der Waals surface area contributed by atoms with Gasteiger partial charge in [0.15, 0.2) is 6.23 Å². The minimum atomic E-state index is -0.910. The Labute approximate surface area is 187 Å². The van der Waals surface area contributed by atoms with Gasteiger partial charge in [-0.1, -0.05) is 54.1 Å². The Bertz CT molecular complexity index is 1170. The van der Waals surface area contributed by atoms with Crippen LogP contribution in [-0.4, -0.2) is 47.0 Å². The number of carbonyl (C=O) groups is 1. The standard InChI is InChI=1S/C27H27FN2O2/c28-22-11-9-19(10-12-22)7-8-20-13-15-29(16-14-20)17-18-30-26(31)23-5-1-3-21-4-2-6-24(25(21)23)27(30)32/h1-6,9-13,26,31H,7-8,14-18H2. The number of aryl methyl sites for hydroxylation is 1. The van der Waals surface area contributed by atoms with Gasteiger partial charge in [-0.2, -0.15) is 0 Å². The van der Waals surface area contributed by atoms with Gasteiger partial charge in [0.2, 0.25) is 0 Å². The largest absolute Gasteiger partial charge is 0.369 e. The normalized spacial score (nSPS) is 18.8. The first kappa shape index (κ1) is 20.9. The van der Waals surface area contributed by atoms with Crippen molar-refractivity contribution in [3.63, 3.8) is 0 Å². The maximum absolute atomic E-state index is 13.1. The first-order chi connectivity index (χ1) is 15.6. The highest BCUT2D eigenvalue weighted by Crippen LogP contribution is 2.35. The summed E-state index contributed by atoms with van der Waals surface area (Å²) in [5.41, 5.74) is 4.06. The second-order valence-electron chi connectivity index (χ2n) is 8.66. The van der Waals surface area contributed by atoms with E-state index < -0.39 is 6.23 Å². The van der Waals surface area contributed by atoms with E-state index in [9.17, 15) is 14.3 Å². The van der Waals surface area contributed by atoms with Crippen LogP contribution in [0.4, 0.5) is 4.39 Å². The van der Waals surface area contributed by atoms with Gasteiger partial charge in [-0.15, -0.1) is 0 Å². The molecule has 0 bridgehead atoms. The van der Waals surface area contributed by atoms with Gasteiger partial charge in [-0.25, -0.2) is 4.39 Å². The predicted octanol–water partition coefficient (Wildman–Crippen LogP) is 4.69. The van der Waals surface area contributed by atoms with Crippen molar-refractivity contribution in [1.29, 1.82) is 0 Å². The molecule has 3 aromatic carbocycles. The molecule has 1 atom stereocenters. The lowest BCUT2D eigenvalue weighted by atomic mass is 9.93. The zero-order chi connectivity index (χ0) is 22.1. The summed E-state index contributed by atoms with van der Waals surface area (Å²) in [6.07, 6.45) is 4.28. The van der Waals surface area contributed by atoms with Crippen molar-refractivity contribution in [2.75, 3.05) is 26.2 Å². The molecule has 0 saturated heterocycles. The highest BCUT2D eigenvalue weighted by Gasteiger charge is 2.32. The highest BCUT2D eigenvalue weighted by atomic mass is 19.1. The van der Waals surface area contributed by atoms with Crippen LogP contribution in [-0.2, 0) is 6.42 Å². The van der Waals surface area contributed by atoms with Crippen molar-refractivity contribution in [1.82, 2.24) is 9.80 Å². The van der Waals surface area contributed by atoms with Crippen LogP contribution in [0.15, 0.2) is 72.3 Å². The van der Waals surface area contributed by atoms with Crippen LogP contribution in [0.5, 0.6) is 0 Å². The number of hydrogen-bond acceptors (Lipinski definition) is 3. The zero-order valence-electron chi connectivity index (χ0n) is 18.0. The Hall–Kier alpha value is -3.02. The van der Waals surface area contributed by atoms with Gasteiger partial charge >= 0.3 is 0 Å². The smallest absolute Gasteiger partial charge is 0.256 e. The third-order valence-electron chi connectivity index (χ3n) is 6.69. The van der Waals surface area contributed by atoms with E-state index in [4.69, 9.17) is 0 Å². The van der Waals surface area contributed by atoms with E-state index in [0.29, 0.717) is 12.1 Å². The van der Waals surface area contributed by atoms with E-state index >= 15 is 0 Å². The first-order valence-electron chi connectivity index (χ1n) is 11.3. The number of aliphatic hydroxyl groups is 1. The number of hydrogen-bond donors (Lipinski definition) is 1. The van der Waals surface area contributed by atoms with E-state index in [2.05, 4.69) is 11.0 Å². The Morgan fingerprint density at radius 3 is 2.50 bits per heavy atom. The van der Waals surface area contributed by atoms with Gasteiger partial charge in [0.1, 0.15) is 5.82 Å². The van der Waals surface area contributed by atoms with Gasteiger partial charge in [0, 0.05) is 42.7 Å². The van der Waals surface area contributed by atoms with Crippen molar-refractivity contribution in [2.45, 2.75) is 25.5 Å². The molecular weight excluding hydrogens is 403 g/mol. The average Bonchev–Trinajstić information content (AvgIpc) is 2.83. The average molecular weight is 431 g/mol. The lowest BCUT2D eigenvalue weighted by Gasteiger charge is -2.36. The van der Waals surface area contributed by atoms with Crippen molar-refractivity contribution in [2.24, 2.45) is 0 Å². The van der Waals surface area contributed by atoms with Crippen molar-refractivity contribution >= 4 is 16.7 Å². The number of amides is 1. The molecule has 5 heteroatoms. The molecule has 0 aromatic heterocycles. The summed E-state index contributed by atoms with van der Waals surface area (Å²) in [5, 5.41) is 12.8. The lowest BCUT2D eigenvalue weighted by molar-refractivity contribution is 0.00143. The molecule has 3 aromatic rings. The molecule has 0 spiro atoms. The molecular formula is C27H27FN2O2. The molecule has 32 heavy (non-hydrogen) atoms. The summed E-state index contributed by atoms with van der Waals surface area (Å²) < 4.78 is 13.1. The van der Waals surface area contributed by atoms with E-state index in [1.54, 1.807) is 4.90 Å². The molecule has 1 N–H and O–H groups in total. The van der Waals surface area contributed by atoms with E-state index in [-0.39, 0.29) is 11.7 Å². The number of halogens is 1. The Morgan fingerprint density at radius 1 is 0.969 bits per heavy atom. The maximum atomic E-state index is 13.1. The zero-order valence-corrected chi connectivity index (χ0v) is 18.0. The molecule has 5 rings (SSSR count). The molecule has 2 aliphatic heterocycles. The summed E-state index contributed by atoms with van der Waals surface area (Å²) in [7, 11) is 0. The fraction of sp³-hybridized carbons (Fsp3) is 0.296. The van der Waals surface area contributed by atoms with E-state index in [1.807, 2.05) is 48.5 Å². The lowest BCUT2D eigenvalue weighted by Crippen LogP contribution is -2.43. The number of aliphatic hydroxyl groups excluding tert-OH is 1. The van der Waals surface area contributed by atoms with E-state index in [0.717, 1.165) is 60.8 Å². The fourth-order valence-corrected chi connectivity index (χ4v) is 4.81. The van der Waals surface area contributed by atoms with Gasteiger partial charge in [-0.3, -0.25) is 9.69 Å². The third kappa shape index (κ3) is 4.06. The quantitative estimate of drug-likeness (QED) is 0.577. The van der Waals surface area contributed by atoms with Gasteiger partial charge in [-0.05, 0) is 48.4 Å². The molecule has 2 aliphatic rings. The second-order valence-corrected chi connectivity index (χ2v) is 8.66. The first-order valence-corrected chi connectivity index (χ1v) is 11.3. The van der Waals surface area contributed by atoms with Crippen LogP contribution < -0.4 is 0 Å². The van der Waals surface area contributed by atoms with Crippen LogP contribution in [0.3, 0.4) is 0 Å². The monoisotopic (exact) mass is 430 g/mol. The highest BCUT2D eigenvalue weighted by molar-refractivity contribution is 6.10. The second kappa shape index (κ2) is 8.85. The summed E-state index contributed by atoms with van der Waals surface area (Å²) in [4.78, 5) is 17.0. The van der Waals surface area contributed by atoms with Gasteiger partial charge < -0.3 is 10.0 Å². The van der Waals surface area contributed by atoms with E-state index in [1.165, 1.54) is 17.7 Å². The molecule has 2 heterocycles. The molecule has 1 amide bonds. The van der Waals surface area contributed by atoms with Gasteiger partial charge in [0.25, 0.3) is 5.91 Å². The number of carbonyl (C=O) groups excluding carboxylic acids is 1. The third-order valence-corrected chi connectivity index (χ3v) is 6.69. The van der Waals surface area contributed by atoms with Crippen molar-refractivity contribution in [3.05, 3.63) is 94.8 Å². The topological polar surface area (TPSA) is 43.8 Å². The maximum Gasteiger partial charge on any atom is 0.256 e. The molecule has 4 nitrogen and oxygen atoms in total. The molecule has 0 radical (unpaired) electrons. The Morgan fingerprint density at radius 2 is 1.75 bits per heavy atom. The van der Waals surface area contributed by atoms with Crippen LogP contribution in [0.1, 0.15) is 40.6 Å². The summed E-state index contributed by atoms with van der Waals surface area (Å²) in [6, 6.07) is 18.3. The van der Waals surface area contributed by atoms with Crippen molar-refractivity contribution < 1.29 is 14.3 Å². The minimum Gasteiger partial charge on any atom is -0.369 e. The molecule has 164 valence electrons. The number of nitrogens with zero attached hydrogens (tertiary/aromatic N) is 2. The Balaban J connectivity index is 1.19. The number of rotatable bonds is 6. The van der Waals surface area contributed by atoms with Gasteiger partial charge in [0.05, 0.1) is 0 Å². The molecule has 0 saturated carbocycles. The fourth-order valence-electron chi connectivity index (χ4n) is 4.81. The summed E-state index contributed by atoms with van der Waals surface area (Å²) in [5.74, 6) is -0.298. The predicted molar refractivity (Wildman–Crippen MR) is 124 cm³/mol. The molecule has 0 aliphatic carbocycles. The summed E-state index contributed by atoms with van der Waals surface area (Å²) >= 11 is 0. The number of benzene rings is 3.